The fourth-order valence-corrected chi connectivity index (χ4v) is 2.51. The van der Waals surface area contributed by atoms with Gasteiger partial charge < -0.3 is 5.32 Å². The molecule has 2 heterocycles. The molecule has 0 spiro atoms. The molecule has 0 aromatic carbocycles. The van der Waals surface area contributed by atoms with Crippen LogP contribution >= 0.6 is 11.3 Å². The molecule has 1 aliphatic rings. The lowest BCUT2D eigenvalue weighted by Crippen LogP contribution is -2.56. The Morgan fingerprint density at radius 2 is 2.28 bits per heavy atom. The molecule has 1 aliphatic heterocycles. The summed E-state index contributed by atoms with van der Waals surface area (Å²) in [5.41, 5.74) is 0. The molecule has 1 saturated heterocycles. The van der Waals surface area contributed by atoms with E-state index in [-0.39, 0.29) is 24.4 Å². The number of nitrogens with one attached hydrogen (secondary N) is 2. The summed E-state index contributed by atoms with van der Waals surface area (Å²) >= 11 is 1.44. The maximum absolute atomic E-state index is 11.5. The van der Waals surface area contributed by atoms with Gasteiger partial charge in [0.25, 0.3) is 0 Å². The lowest BCUT2D eigenvalue weighted by molar-refractivity contribution is -0.139. The maximum Gasteiger partial charge on any atom is 0.243 e. The van der Waals surface area contributed by atoms with Crippen molar-refractivity contribution in [2.24, 2.45) is 0 Å². The first-order valence-electron chi connectivity index (χ1n) is 5.74. The van der Waals surface area contributed by atoms with Crippen LogP contribution in [0.3, 0.4) is 0 Å². The van der Waals surface area contributed by atoms with Gasteiger partial charge in [0.2, 0.25) is 16.9 Å². The molecule has 0 aliphatic carbocycles. The maximum atomic E-state index is 11.5. The second-order valence-electron chi connectivity index (χ2n) is 4.02. The van der Waals surface area contributed by atoms with Gasteiger partial charge in [0.15, 0.2) is 0 Å². The van der Waals surface area contributed by atoms with Crippen LogP contribution in [0.25, 0.3) is 0 Å². The fourth-order valence-electron chi connectivity index (χ4n) is 1.68. The number of imide groups is 1. The molecule has 1 fully saturated rings. The number of carbonyl (C=O) groups is 2. The van der Waals surface area contributed by atoms with Crippen LogP contribution in [0, 0.1) is 0 Å². The molecule has 1 unspecified atom stereocenters. The van der Waals surface area contributed by atoms with Gasteiger partial charge >= 0.3 is 0 Å². The van der Waals surface area contributed by atoms with Gasteiger partial charge in [0.1, 0.15) is 5.01 Å². The van der Waals surface area contributed by atoms with Crippen molar-refractivity contribution in [1.29, 1.82) is 0 Å². The Balaban J connectivity index is 2.02. The van der Waals surface area contributed by atoms with Crippen LogP contribution in [0.2, 0.25) is 0 Å². The van der Waals surface area contributed by atoms with E-state index in [1.807, 2.05) is 6.92 Å². The van der Waals surface area contributed by atoms with E-state index in [1.54, 1.807) is 11.8 Å². The van der Waals surface area contributed by atoms with Gasteiger partial charge in [-0.3, -0.25) is 19.8 Å². The van der Waals surface area contributed by atoms with Crippen LogP contribution < -0.4 is 10.6 Å². The molecule has 7 nitrogen and oxygen atoms in total. The minimum Gasteiger partial charge on any atom is -0.360 e. The zero-order chi connectivity index (χ0) is 13.1. The second-order valence-corrected chi connectivity index (χ2v) is 5.09. The van der Waals surface area contributed by atoms with Gasteiger partial charge in [0.05, 0.1) is 19.1 Å². The van der Waals surface area contributed by atoms with Crippen molar-refractivity contribution in [3.8, 4) is 0 Å². The Labute approximate surface area is 109 Å². The molecule has 98 valence electrons. The van der Waals surface area contributed by atoms with Gasteiger partial charge in [-0.1, -0.05) is 11.3 Å². The molecule has 0 radical (unpaired) electrons. The van der Waals surface area contributed by atoms with Crippen molar-refractivity contribution in [2.45, 2.75) is 26.4 Å². The highest BCUT2D eigenvalue weighted by Gasteiger charge is 2.30. The number of piperazine rings is 1. The van der Waals surface area contributed by atoms with Crippen LogP contribution in [-0.4, -0.2) is 46.0 Å². The van der Waals surface area contributed by atoms with E-state index in [0.29, 0.717) is 6.54 Å². The summed E-state index contributed by atoms with van der Waals surface area (Å²) in [5.74, 6) is -0.530. The van der Waals surface area contributed by atoms with E-state index in [9.17, 15) is 9.59 Å². The monoisotopic (exact) mass is 269 g/mol. The summed E-state index contributed by atoms with van der Waals surface area (Å²) in [5, 5.41) is 14.9. The van der Waals surface area contributed by atoms with Crippen molar-refractivity contribution in [2.75, 3.05) is 18.4 Å². The quantitative estimate of drug-likeness (QED) is 0.737. The Hall–Kier alpha value is -1.54. The predicted molar refractivity (Wildman–Crippen MR) is 67.1 cm³/mol. The average molecular weight is 269 g/mol. The van der Waals surface area contributed by atoms with Gasteiger partial charge in [0, 0.05) is 6.54 Å². The molecule has 1 aromatic heterocycles. The highest BCUT2D eigenvalue weighted by molar-refractivity contribution is 7.15. The first kappa shape index (κ1) is 12.9. The summed E-state index contributed by atoms with van der Waals surface area (Å²) in [6, 6.07) is -0.325. The molecule has 2 N–H and O–H groups in total. The lowest BCUT2D eigenvalue weighted by atomic mass is 10.2. The van der Waals surface area contributed by atoms with Crippen LogP contribution in [0.15, 0.2) is 0 Å². The number of hydrogen-bond acceptors (Lipinski definition) is 7. The van der Waals surface area contributed by atoms with E-state index in [2.05, 4.69) is 20.8 Å². The molecule has 2 rings (SSSR count). The number of aromatic nitrogens is 2. The number of anilines is 1. The van der Waals surface area contributed by atoms with Crippen molar-refractivity contribution in [1.82, 2.24) is 20.4 Å². The molecular weight excluding hydrogens is 254 g/mol. The first-order chi connectivity index (χ1) is 8.60. The predicted octanol–water partition coefficient (Wildman–Crippen LogP) is -0.183. The molecule has 0 bridgehead atoms. The molecule has 2 amide bonds. The van der Waals surface area contributed by atoms with Crippen molar-refractivity contribution >= 4 is 28.3 Å². The third-order valence-electron chi connectivity index (χ3n) is 2.67. The molecule has 1 atom stereocenters. The van der Waals surface area contributed by atoms with Crippen LogP contribution in [0.1, 0.15) is 18.9 Å². The van der Waals surface area contributed by atoms with E-state index in [1.165, 1.54) is 11.3 Å². The van der Waals surface area contributed by atoms with E-state index in [4.69, 9.17) is 0 Å². The van der Waals surface area contributed by atoms with E-state index < -0.39 is 0 Å². The zero-order valence-corrected chi connectivity index (χ0v) is 11.1. The molecule has 8 heteroatoms. The van der Waals surface area contributed by atoms with Crippen molar-refractivity contribution in [3.63, 3.8) is 0 Å². The minimum atomic E-state index is -0.325. The highest BCUT2D eigenvalue weighted by atomic mass is 32.1. The first-order valence-corrected chi connectivity index (χ1v) is 6.55. The fraction of sp³-hybridized carbons (Fsp3) is 0.600. The summed E-state index contributed by atoms with van der Waals surface area (Å²) in [6.07, 6.45) is 0. The number of amides is 2. The minimum absolute atomic E-state index is 0.211. The SMILES string of the molecule is CCNc1nnc(CN2CC(=O)NC(=O)C2C)s1. The summed E-state index contributed by atoms with van der Waals surface area (Å²) in [4.78, 5) is 24.6. The molecule has 18 heavy (non-hydrogen) atoms. The number of hydrogen-bond donors (Lipinski definition) is 2. The van der Waals surface area contributed by atoms with E-state index >= 15 is 0 Å². The Kier molecular flexibility index (Phi) is 3.87. The van der Waals surface area contributed by atoms with E-state index in [0.717, 1.165) is 16.7 Å². The standard InChI is InChI=1S/C10H15N5O2S/c1-3-11-10-14-13-8(18-10)5-15-4-7(16)12-9(17)6(15)2/h6H,3-5H2,1-2H3,(H,11,14)(H,12,16,17). The Morgan fingerprint density at radius 1 is 1.50 bits per heavy atom. The van der Waals surface area contributed by atoms with Gasteiger partial charge in [-0.2, -0.15) is 0 Å². The summed E-state index contributed by atoms with van der Waals surface area (Å²) in [7, 11) is 0. The van der Waals surface area contributed by atoms with Crippen molar-refractivity contribution < 1.29 is 9.59 Å². The average Bonchev–Trinajstić information content (AvgIpc) is 2.73. The smallest absolute Gasteiger partial charge is 0.243 e. The van der Waals surface area contributed by atoms with Crippen LogP contribution in [0.5, 0.6) is 0 Å². The second kappa shape index (κ2) is 5.40. The third-order valence-corrected chi connectivity index (χ3v) is 3.54. The summed E-state index contributed by atoms with van der Waals surface area (Å²) in [6.45, 7) is 5.22. The van der Waals surface area contributed by atoms with Crippen LogP contribution in [-0.2, 0) is 16.1 Å². The highest BCUT2D eigenvalue weighted by Crippen LogP contribution is 2.18. The lowest BCUT2D eigenvalue weighted by Gasteiger charge is -2.30. The van der Waals surface area contributed by atoms with Gasteiger partial charge in [-0.05, 0) is 13.8 Å². The Bertz CT molecular complexity index is 461. The normalized spacial score (nSPS) is 20.9. The van der Waals surface area contributed by atoms with Gasteiger partial charge in [-0.15, -0.1) is 10.2 Å². The number of nitrogens with zero attached hydrogens (tertiary/aromatic N) is 3. The number of carbonyl (C=O) groups excluding carboxylic acids is 2. The van der Waals surface area contributed by atoms with Crippen LogP contribution in [0.4, 0.5) is 5.13 Å². The zero-order valence-electron chi connectivity index (χ0n) is 10.3. The number of rotatable bonds is 4. The molecule has 0 saturated carbocycles. The topological polar surface area (TPSA) is 87.2 Å². The molecular formula is C10H15N5O2S. The Morgan fingerprint density at radius 3 is 3.00 bits per heavy atom. The third kappa shape index (κ3) is 2.82. The summed E-state index contributed by atoms with van der Waals surface area (Å²) < 4.78 is 0. The van der Waals surface area contributed by atoms with Gasteiger partial charge in [-0.25, -0.2) is 0 Å². The van der Waals surface area contributed by atoms with Crippen molar-refractivity contribution in [3.05, 3.63) is 5.01 Å². The molecule has 1 aromatic rings. The largest absolute Gasteiger partial charge is 0.360 e.